The first-order chi connectivity index (χ1) is 8.79. The van der Waals surface area contributed by atoms with Crippen molar-refractivity contribution in [3.8, 4) is 0 Å². The van der Waals surface area contributed by atoms with Gasteiger partial charge < -0.3 is 0 Å². The Bertz CT molecular complexity index is 534. The number of aromatic nitrogens is 2. The van der Waals surface area contributed by atoms with E-state index in [1.54, 1.807) is 6.20 Å². The second-order valence-corrected chi connectivity index (χ2v) is 4.45. The standard InChI is InChI=1S/C12H11N3O2S/c16-12(15-17)10-6-13-7-11(14-10)18-8-9-4-2-1-3-5-9/h1-7,17H,8H2,(H,15,16). The van der Waals surface area contributed by atoms with Crippen molar-refractivity contribution >= 4 is 17.7 Å². The fourth-order valence-corrected chi connectivity index (χ4v) is 2.12. The molecule has 1 aromatic heterocycles. The van der Waals surface area contributed by atoms with Gasteiger partial charge in [0.15, 0.2) is 0 Å². The Morgan fingerprint density at radius 1 is 1.28 bits per heavy atom. The fraction of sp³-hybridized carbons (Fsp3) is 0.0833. The van der Waals surface area contributed by atoms with Crippen molar-refractivity contribution in [2.45, 2.75) is 10.8 Å². The fourth-order valence-electron chi connectivity index (χ4n) is 1.32. The molecule has 0 saturated heterocycles. The van der Waals surface area contributed by atoms with E-state index in [1.165, 1.54) is 29.0 Å². The highest BCUT2D eigenvalue weighted by Crippen LogP contribution is 2.19. The van der Waals surface area contributed by atoms with Gasteiger partial charge in [0.1, 0.15) is 10.7 Å². The Labute approximate surface area is 108 Å². The van der Waals surface area contributed by atoms with Crippen molar-refractivity contribution in [1.29, 1.82) is 0 Å². The summed E-state index contributed by atoms with van der Waals surface area (Å²) in [5, 5.41) is 9.15. The zero-order valence-electron chi connectivity index (χ0n) is 9.41. The molecule has 92 valence electrons. The molecule has 0 atom stereocenters. The number of hydroxylamine groups is 1. The van der Waals surface area contributed by atoms with E-state index in [1.807, 2.05) is 30.3 Å². The van der Waals surface area contributed by atoms with E-state index in [9.17, 15) is 4.79 Å². The van der Waals surface area contributed by atoms with E-state index >= 15 is 0 Å². The van der Waals surface area contributed by atoms with E-state index in [4.69, 9.17) is 5.21 Å². The van der Waals surface area contributed by atoms with Gasteiger partial charge in [-0.1, -0.05) is 30.3 Å². The lowest BCUT2D eigenvalue weighted by Crippen LogP contribution is -2.20. The number of hydrogen-bond donors (Lipinski definition) is 2. The second kappa shape index (κ2) is 6.13. The van der Waals surface area contributed by atoms with Crippen LogP contribution in [-0.2, 0) is 5.75 Å². The maximum Gasteiger partial charge on any atom is 0.294 e. The maximum atomic E-state index is 11.2. The van der Waals surface area contributed by atoms with Crippen molar-refractivity contribution in [3.05, 3.63) is 54.0 Å². The van der Waals surface area contributed by atoms with Crippen molar-refractivity contribution in [2.24, 2.45) is 0 Å². The van der Waals surface area contributed by atoms with Crippen LogP contribution in [0.15, 0.2) is 47.8 Å². The third-order valence-electron chi connectivity index (χ3n) is 2.18. The average molecular weight is 261 g/mol. The molecule has 0 aliphatic carbocycles. The van der Waals surface area contributed by atoms with Gasteiger partial charge in [-0.3, -0.25) is 15.0 Å². The molecule has 0 unspecified atom stereocenters. The number of nitrogens with zero attached hydrogens (tertiary/aromatic N) is 2. The summed E-state index contributed by atoms with van der Waals surface area (Å²) < 4.78 is 0. The van der Waals surface area contributed by atoms with E-state index in [2.05, 4.69) is 9.97 Å². The summed E-state index contributed by atoms with van der Waals surface area (Å²) in [6.45, 7) is 0. The van der Waals surface area contributed by atoms with Gasteiger partial charge in [0.2, 0.25) is 0 Å². The van der Waals surface area contributed by atoms with Crippen molar-refractivity contribution in [1.82, 2.24) is 15.4 Å². The minimum absolute atomic E-state index is 0.0931. The van der Waals surface area contributed by atoms with Gasteiger partial charge in [-0.15, -0.1) is 11.8 Å². The van der Waals surface area contributed by atoms with Gasteiger partial charge in [-0.2, -0.15) is 0 Å². The van der Waals surface area contributed by atoms with Crippen LogP contribution in [0.5, 0.6) is 0 Å². The van der Waals surface area contributed by atoms with Gasteiger partial charge in [0.25, 0.3) is 5.91 Å². The minimum atomic E-state index is -0.662. The van der Waals surface area contributed by atoms with Gasteiger partial charge in [0, 0.05) is 5.75 Å². The number of thioether (sulfide) groups is 1. The first-order valence-electron chi connectivity index (χ1n) is 5.23. The highest BCUT2D eigenvalue weighted by molar-refractivity contribution is 7.98. The van der Waals surface area contributed by atoms with Crippen LogP contribution < -0.4 is 5.48 Å². The van der Waals surface area contributed by atoms with Crippen LogP contribution in [0.1, 0.15) is 16.1 Å². The molecule has 0 saturated carbocycles. The molecule has 18 heavy (non-hydrogen) atoms. The highest BCUT2D eigenvalue weighted by Gasteiger charge is 2.07. The number of benzene rings is 1. The van der Waals surface area contributed by atoms with E-state index in [0.29, 0.717) is 5.03 Å². The Hall–Kier alpha value is -1.92. The molecule has 0 bridgehead atoms. The first kappa shape index (κ1) is 12.5. The largest absolute Gasteiger partial charge is 0.294 e. The molecular formula is C12H11N3O2S. The molecule has 2 rings (SSSR count). The summed E-state index contributed by atoms with van der Waals surface area (Å²) in [5.41, 5.74) is 2.79. The number of carbonyl (C=O) groups excluding carboxylic acids is 1. The summed E-state index contributed by atoms with van der Waals surface area (Å²) in [5.74, 6) is 0.0874. The third kappa shape index (κ3) is 3.28. The summed E-state index contributed by atoms with van der Waals surface area (Å²) in [6, 6.07) is 9.93. The molecule has 2 aromatic rings. The summed E-state index contributed by atoms with van der Waals surface area (Å²) in [6.07, 6.45) is 2.89. The number of amides is 1. The molecule has 0 aliphatic heterocycles. The molecule has 0 radical (unpaired) electrons. The quantitative estimate of drug-likeness (QED) is 0.499. The van der Waals surface area contributed by atoms with Crippen LogP contribution in [0.2, 0.25) is 0 Å². The summed E-state index contributed by atoms with van der Waals surface area (Å²) >= 11 is 1.48. The minimum Gasteiger partial charge on any atom is -0.288 e. The van der Waals surface area contributed by atoms with Gasteiger partial charge in [-0.25, -0.2) is 10.5 Å². The van der Waals surface area contributed by atoms with E-state index in [-0.39, 0.29) is 5.69 Å². The van der Waals surface area contributed by atoms with Crippen LogP contribution in [0.25, 0.3) is 0 Å². The van der Waals surface area contributed by atoms with Crippen molar-refractivity contribution < 1.29 is 10.0 Å². The second-order valence-electron chi connectivity index (χ2n) is 3.46. The number of rotatable bonds is 4. The molecular weight excluding hydrogens is 250 g/mol. The monoisotopic (exact) mass is 261 g/mol. The molecule has 5 nitrogen and oxygen atoms in total. The van der Waals surface area contributed by atoms with Crippen LogP contribution in [0.3, 0.4) is 0 Å². The average Bonchev–Trinajstić information content (AvgIpc) is 2.45. The van der Waals surface area contributed by atoms with Crippen molar-refractivity contribution in [2.75, 3.05) is 0 Å². The molecule has 0 spiro atoms. The van der Waals surface area contributed by atoms with Crippen LogP contribution in [0, 0.1) is 0 Å². The third-order valence-corrected chi connectivity index (χ3v) is 3.15. The molecule has 6 heteroatoms. The molecule has 1 aromatic carbocycles. The molecule has 1 heterocycles. The van der Waals surface area contributed by atoms with Gasteiger partial charge in [-0.05, 0) is 5.56 Å². The predicted molar refractivity (Wildman–Crippen MR) is 67.3 cm³/mol. The van der Waals surface area contributed by atoms with Crippen LogP contribution in [-0.4, -0.2) is 21.1 Å². The molecule has 1 amide bonds. The van der Waals surface area contributed by atoms with Crippen LogP contribution >= 0.6 is 11.8 Å². The molecule has 2 N–H and O–H groups in total. The maximum absolute atomic E-state index is 11.2. The van der Waals surface area contributed by atoms with Gasteiger partial charge in [0.05, 0.1) is 12.4 Å². The topological polar surface area (TPSA) is 75.1 Å². The number of hydrogen-bond acceptors (Lipinski definition) is 5. The Morgan fingerprint density at radius 3 is 2.78 bits per heavy atom. The van der Waals surface area contributed by atoms with E-state index < -0.39 is 5.91 Å². The number of carbonyl (C=O) groups is 1. The van der Waals surface area contributed by atoms with Gasteiger partial charge >= 0.3 is 0 Å². The smallest absolute Gasteiger partial charge is 0.288 e. The SMILES string of the molecule is O=C(NO)c1cncc(SCc2ccccc2)n1. The first-order valence-corrected chi connectivity index (χ1v) is 6.21. The molecule has 0 aliphatic rings. The zero-order valence-corrected chi connectivity index (χ0v) is 10.2. The Kier molecular flexibility index (Phi) is 4.27. The summed E-state index contributed by atoms with van der Waals surface area (Å²) in [4.78, 5) is 19.2. The number of nitrogens with one attached hydrogen (secondary N) is 1. The Morgan fingerprint density at radius 2 is 2.06 bits per heavy atom. The lowest BCUT2D eigenvalue weighted by atomic mass is 10.2. The lowest BCUT2D eigenvalue weighted by molar-refractivity contribution is 0.0699. The summed E-state index contributed by atoms with van der Waals surface area (Å²) in [7, 11) is 0. The predicted octanol–water partition coefficient (Wildman–Crippen LogP) is 1.89. The lowest BCUT2D eigenvalue weighted by Gasteiger charge is -2.02. The highest BCUT2D eigenvalue weighted by atomic mass is 32.2. The van der Waals surface area contributed by atoms with Crippen LogP contribution in [0.4, 0.5) is 0 Å². The van der Waals surface area contributed by atoms with E-state index in [0.717, 1.165) is 5.75 Å². The Balaban J connectivity index is 2.04. The van der Waals surface area contributed by atoms with Crippen molar-refractivity contribution in [3.63, 3.8) is 0 Å². The zero-order chi connectivity index (χ0) is 12.8. The normalized spacial score (nSPS) is 10.1. The molecule has 0 fully saturated rings.